The van der Waals surface area contributed by atoms with Crippen molar-refractivity contribution in [3.8, 4) is 0 Å². The van der Waals surface area contributed by atoms with Gasteiger partial charge in [0.05, 0.1) is 6.26 Å². The third kappa shape index (κ3) is 3.06. The predicted molar refractivity (Wildman–Crippen MR) is 63.1 cm³/mol. The van der Waals surface area contributed by atoms with Gasteiger partial charge in [-0.3, -0.25) is 15.1 Å². The number of nitrogen functional groups attached to an aromatic ring is 1. The fraction of sp³-hybridized carbons (Fsp3) is 0.545. The first-order chi connectivity index (χ1) is 8.31. The van der Waals surface area contributed by atoms with Crippen molar-refractivity contribution in [3.63, 3.8) is 0 Å². The number of amides is 1. The lowest BCUT2D eigenvalue weighted by Gasteiger charge is -2.18. The van der Waals surface area contributed by atoms with Crippen molar-refractivity contribution in [1.82, 2.24) is 15.6 Å². The van der Waals surface area contributed by atoms with Crippen molar-refractivity contribution < 1.29 is 9.21 Å². The normalized spacial score (nSPS) is 17.7. The Hall–Kier alpha value is -1.37. The fourth-order valence-electron chi connectivity index (χ4n) is 2.03. The summed E-state index contributed by atoms with van der Waals surface area (Å²) in [5, 5.41) is 3.34. The second-order valence-electron chi connectivity index (χ2n) is 4.13. The first-order valence-electron chi connectivity index (χ1n) is 5.81. The van der Waals surface area contributed by atoms with E-state index in [-0.39, 0.29) is 5.91 Å². The van der Waals surface area contributed by atoms with Gasteiger partial charge in [-0.25, -0.2) is 5.84 Å². The largest absolute Gasteiger partial charge is 0.459 e. The van der Waals surface area contributed by atoms with Crippen LogP contribution >= 0.6 is 0 Å². The van der Waals surface area contributed by atoms with Crippen LogP contribution in [0.1, 0.15) is 22.5 Å². The van der Waals surface area contributed by atoms with E-state index in [0.29, 0.717) is 5.76 Å². The van der Waals surface area contributed by atoms with Crippen LogP contribution in [0.4, 0.5) is 0 Å². The van der Waals surface area contributed by atoms with Gasteiger partial charge in [-0.1, -0.05) is 0 Å². The van der Waals surface area contributed by atoms with E-state index < -0.39 is 0 Å². The van der Waals surface area contributed by atoms with E-state index in [0.717, 1.165) is 44.7 Å². The van der Waals surface area contributed by atoms with Gasteiger partial charge in [-0.2, -0.15) is 0 Å². The summed E-state index contributed by atoms with van der Waals surface area (Å²) in [5.41, 5.74) is 2.98. The average molecular weight is 238 g/mol. The van der Waals surface area contributed by atoms with E-state index in [9.17, 15) is 4.79 Å². The quantitative estimate of drug-likeness (QED) is 0.382. The van der Waals surface area contributed by atoms with Crippen molar-refractivity contribution in [2.24, 2.45) is 5.84 Å². The van der Waals surface area contributed by atoms with Crippen LogP contribution in [-0.2, 0) is 6.54 Å². The van der Waals surface area contributed by atoms with E-state index in [1.807, 2.05) is 6.07 Å². The molecule has 0 unspecified atom stereocenters. The average Bonchev–Trinajstić information content (AvgIpc) is 2.64. The third-order valence-corrected chi connectivity index (χ3v) is 2.91. The summed E-state index contributed by atoms with van der Waals surface area (Å²) in [6.07, 6.45) is 2.65. The summed E-state index contributed by atoms with van der Waals surface area (Å²) in [6, 6.07) is 1.82. The second-order valence-corrected chi connectivity index (χ2v) is 4.13. The molecule has 1 aliphatic rings. The van der Waals surface area contributed by atoms with Crippen LogP contribution in [0.25, 0.3) is 0 Å². The molecule has 6 nitrogen and oxygen atoms in total. The van der Waals surface area contributed by atoms with E-state index in [2.05, 4.69) is 15.6 Å². The van der Waals surface area contributed by atoms with Crippen LogP contribution in [0.5, 0.6) is 0 Å². The van der Waals surface area contributed by atoms with Crippen LogP contribution in [-0.4, -0.2) is 37.0 Å². The topological polar surface area (TPSA) is 83.5 Å². The molecule has 1 fully saturated rings. The minimum atomic E-state index is -0.377. The van der Waals surface area contributed by atoms with Gasteiger partial charge >= 0.3 is 5.91 Å². The first kappa shape index (κ1) is 12.1. The molecule has 1 saturated heterocycles. The lowest BCUT2D eigenvalue weighted by Crippen LogP contribution is -2.32. The molecule has 0 atom stereocenters. The van der Waals surface area contributed by atoms with Gasteiger partial charge in [-0.15, -0.1) is 0 Å². The number of nitrogens with two attached hydrogens (primary N) is 1. The van der Waals surface area contributed by atoms with Gasteiger partial charge in [0.15, 0.2) is 5.76 Å². The zero-order valence-electron chi connectivity index (χ0n) is 9.74. The molecule has 0 aromatic carbocycles. The van der Waals surface area contributed by atoms with Crippen molar-refractivity contribution in [1.29, 1.82) is 0 Å². The van der Waals surface area contributed by atoms with Crippen molar-refractivity contribution in [3.05, 3.63) is 23.7 Å². The number of hydrogen-bond acceptors (Lipinski definition) is 5. The smallest absolute Gasteiger partial charge is 0.301 e. The minimum Gasteiger partial charge on any atom is -0.459 e. The molecule has 1 aromatic heterocycles. The molecule has 1 aliphatic heterocycles. The maximum Gasteiger partial charge on any atom is 0.301 e. The highest BCUT2D eigenvalue weighted by molar-refractivity contribution is 5.92. The first-order valence-corrected chi connectivity index (χ1v) is 5.81. The van der Waals surface area contributed by atoms with Gasteiger partial charge in [-0.05, 0) is 25.6 Å². The van der Waals surface area contributed by atoms with Crippen molar-refractivity contribution >= 4 is 5.91 Å². The maximum absolute atomic E-state index is 11.4. The number of nitrogens with zero attached hydrogens (tertiary/aromatic N) is 1. The molecular formula is C11H18N4O2. The van der Waals surface area contributed by atoms with Gasteiger partial charge < -0.3 is 9.73 Å². The Bertz CT molecular complexity index is 369. The molecule has 4 N–H and O–H groups in total. The molecule has 0 bridgehead atoms. The summed E-state index contributed by atoms with van der Waals surface area (Å²) >= 11 is 0. The van der Waals surface area contributed by atoms with Gasteiger partial charge in [0, 0.05) is 25.2 Å². The van der Waals surface area contributed by atoms with Gasteiger partial charge in [0.1, 0.15) is 0 Å². The van der Waals surface area contributed by atoms with Crippen molar-refractivity contribution in [2.45, 2.75) is 13.0 Å². The Labute approximate surface area is 100 Å². The predicted octanol–water partition coefficient (Wildman–Crippen LogP) is -0.322. The highest BCUT2D eigenvalue weighted by Gasteiger charge is 2.17. The summed E-state index contributed by atoms with van der Waals surface area (Å²) in [4.78, 5) is 13.7. The summed E-state index contributed by atoms with van der Waals surface area (Å²) in [6.45, 7) is 4.77. The zero-order valence-corrected chi connectivity index (χ0v) is 9.74. The zero-order chi connectivity index (χ0) is 12.1. The Balaban J connectivity index is 2.02. The number of carbonyl (C=O) groups is 1. The number of hydrogen-bond donors (Lipinski definition) is 3. The molecule has 0 spiro atoms. The molecule has 1 amide bonds. The summed E-state index contributed by atoms with van der Waals surface area (Å²) in [5.74, 6) is 5.04. The van der Waals surface area contributed by atoms with Crippen LogP contribution in [0.15, 0.2) is 16.7 Å². The molecule has 0 saturated carbocycles. The number of carbonyl (C=O) groups excluding carboxylic acids is 1. The SMILES string of the molecule is NNC(=O)c1occc1CN1CCCNCC1. The van der Waals surface area contributed by atoms with Crippen LogP contribution in [0.2, 0.25) is 0 Å². The molecule has 2 heterocycles. The maximum atomic E-state index is 11.4. The molecule has 0 radical (unpaired) electrons. The van der Waals surface area contributed by atoms with E-state index in [1.165, 1.54) is 6.26 Å². The Morgan fingerprint density at radius 3 is 3.24 bits per heavy atom. The molecule has 0 aliphatic carbocycles. The van der Waals surface area contributed by atoms with Crippen LogP contribution in [0.3, 0.4) is 0 Å². The van der Waals surface area contributed by atoms with E-state index in [4.69, 9.17) is 10.3 Å². The summed E-state index contributed by atoms with van der Waals surface area (Å²) in [7, 11) is 0. The van der Waals surface area contributed by atoms with E-state index in [1.54, 1.807) is 0 Å². The molecule has 1 aromatic rings. The third-order valence-electron chi connectivity index (χ3n) is 2.91. The number of rotatable bonds is 3. The Morgan fingerprint density at radius 2 is 2.41 bits per heavy atom. The number of hydrazine groups is 1. The molecule has 94 valence electrons. The fourth-order valence-corrected chi connectivity index (χ4v) is 2.03. The number of nitrogens with one attached hydrogen (secondary N) is 2. The highest BCUT2D eigenvalue weighted by atomic mass is 16.3. The highest BCUT2D eigenvalue weighted by Crippen LogP contribution is 2.13. The van der Waals surface area contributed by atoms with Gasteiger partial charge in [0.25, 0.3) is 0 Å². The molecule has 17 heavy (non-hydrogen) atoms. The van der Waals surface area contributed by atoms with Crippen LogP contribution in [0, 0.1) is 0 Å². The summed E-state index contributed by atoms with van der Waals surface area (Å²) < 4.78 is 5.16. The monoisotopic (exact) mass is 238 g/mol. The minimum absolute atomic E-state index is 0.310. The van der Waals surface area contributed by atoms with E-state index >= 15 is 0 Å². The van der Waals surface area contributed by atoms with Crippen molar-refractivity contribution in [2.75, 3.05) is 26.2 Å². The Kier molecular flexibility index (Phi) is 4.13. The number of furan rings is 1. The standard InChI is InChI=1S/C11H18N4O2/c12-14-11(16)10-9(2-7-17-10)8-15-5-1-3-13-4-6-15/h2,7,13H,1,3-6,8,12H2,(H,14,16). The van der Waals surface area contributed by atoms with Gasteiger partial charge in [0.2, 0.25) is 0 Å². The second kappa shape index (κ2) is 5.81. The lowest BCUT2D eigenvalue weighted by atomic mass is 10.2. The lowest BCUT2D eigenvalue weighted by molar-refractivity contribution is 0.0923. The molecule has 6 heteroatoms. The Morgan fingerprint density at radius 1 is 1.53 bits per heavy atom. The molecule has 2 rings (SSSR count). The van der Waals surface area contributed by atoms with Crippen LogP contribution < -0.4 is 16.6 Å². The molecular weight excluding hydrogens is 220 g/mol.